The van der Waals surface area contributed by atoms with Gasteiger partial charge in [0.1, 0.15) is 17.7 Å². The smallest absolute Gasteiger partial charge is 0.247 e. The molecular formula is C28H26FN5O2. The number of anilines is 3. The second-order valence-electron chi connectivity index (χ2n) is 8.77. The largest absolute Gasteiger partial charge is 0.487 e. The van der Waals surface area contributed by atoms with Crippen LogP contribution in [0.1, 0.15) is 6.42 Å². The van der Waals surface area contributed by atoms with Crippen molar-refractivity contribution in [2.75, 3.05) is 30.8 Å². The molecule has 7 nitrogen and oxygen atoms in total. The number of aromatic nitrogens is 2. The van der Waals surface area contributed by atoms with E-state index in [0.29, 0.717) is 28.6 Å². The second kappa shape index (κ2) is 10.1. The first-order chi connectivity index (χ1) is 17.5. The number of hydrogen-bond donors (Lipinski definition) is 2. The van der Waals surface area contributed by atoms with E-state index in [4.69, 9.17) is 9.72 Å². The van der Waals surface area contributed by atoms with Gasteiger partial charge in [0.25, 0.3) is 0 Å². The summed E-state index contributed by atoms with van der Waals surface area (Å²) in [7, 11) is 2.06. The summed E-state index contributed by atoms with van der Waals surface area (Å²) < 4.78 is 20.0. The molecule has 4 aromatic rings. The van der Waals surface area contributed by atoms with Crippen molar-refractivity contribution in [3.8, 4) is 16.9 Å². The quantitative estimate of drug-likeness (QED) is 0.343. The van der Waals surface area contributed by atoms with Gasteiger partial charge in [-0.25, -0.2) is 14.4 Å². The number of nitrogens with one attached hydrogen (secondary N) is 2. The molecule has 1 aliphatic rings. The Morgan fingerprint density at radius 2 is 2.06 bits per heavy atom. The number of benzene rings is 3. The molecular weight excluding hydrogens is 457 g/mol. The molecule has 2 heterocycles. The number of fused-ring (bicyclic) bond motifs is 1. The summed E-state index contributed by atoms with van der Waals surface area (Å²) in [4.78, 5) is 23.4. The van der Waals surface area contributed by atoms with Gasteiger partial charge in [0.15, 0.2) is 0 Å². The molecule has 1 atom stereocenters. The van der Waals surface area contributed by atoms with Crippen LogP contribution in [0.25, 0.3) is 22.0 Å². The predicted octanol–water partition coefficient (Wildman–Crippen LogP) is 5.39. The van der Waals surface area contributed by atoms with E-state index >= 15 is 0 Å². The minimum absolute atomic E-state index is 0.0539. The van der Waals surface area contributed by atoms with Gasteiger partial charge in [0, 0.05) is 35.9 Å². The Bertz CT molecular complexity index is 1440. The molecule has 36 heavy (non-hydrogen) atoms. The topological polar surface area (TPSA) is 79.4 Å². The van der Waals surface area contributed by atoms with Gasteiger partial charge >= 0.3 is 0 Å². The maximum Gasteiger partial charge on any atom is 0.247 e. The van der Waals surface area contributed by atoms with Crippen molar-refractivity contribution in [3.05, 3.63) is 85.3 Å². The van der Waals surface area contributed by atoms with E-state index in [-0.39, 0.29) is 17.8 Å². The van der Waals surface area contributed by atoms with E-state index in [1.165, 1.54) is 18.2 Å². The molecule has 1 aromatic heterocycles. The summed E-state index contributed by atoms with van der Waals surface area (Å²) >= 11 is 0. The zero-order valence-electron chi connectivity index (χ0n) is 19.9. The lowest BCUT2D eigenvalue weighted by atomic mass is 10.0. The van der Waals surface area contributed by atoms with Crippen LogP contribution in [0.4, 0.5) is 21.7 Å². The zero-order valence-corrected chi connectivity index (χ0v) is 19.9. The average Bonchev–Trinajstić information content (AvgIpc) is 3.29. The Kier molecular flexibility index (Phi) is 6.60. The number of carbonyl (C=O) groups is 1. The molecule has 182 valence electrons. The van der Waals surface area contributed by atoms with Crippen LogP contribution in [0.15, 0.2) is 79.5 Å². The number of ether oxygens (including phenoxy) is 1. The molecule has 1 saturated heterocycles. The lowest BCUT2D eigenvalue weighted by Crippen LogP contribution is -2.22. The second-order valence-corrected chi connectivity index (χ2v) is 8.77. The molecule has 1 aliphatic heterocycles. The number of rotatable bonds is 7. The molecule has 0 radical (unpaired) electrons. The minimum Gasteiger partial charge on any atom is -0.487 e. The molecule has 0 saturated carbocycles. The fourth-order valence-corrected chi connectivity index (χ4v) is 4.30. The zero-order chi connectivity index (χ0) is 25.1. The number of carbonyl (C=O) groups excluding carboxylic acids is 1. The monoisotopic (exact) mass is 483 g/mol. The minimum atomic E-state index is -0.331. The SMILES string of the molecule is C=CC(=O)Nc1cc(Nc2ncc3cccc(-c4cccc(F)c4)c3n2)ccc1OC1CCN(C)C1. The number of amides is 1. The van der Waals surface area contributed by atoms with E-state index in [1.54, 1.807) is 18.3 Å². The summed E-state index contributed by atoms with van der Waals surface area (Å²) in [6.45, 7) is 5.33. The van der Waals surface area contributed by atoms with Crippen molar-refractivity contribution in [2.45, 2.75) is 12.5 Å². The number of likely N-dealkylation sites (N-methyl/N-ethyl adjacent to an activating group) is 1. The summed E-state index contributed by atoms with van der Waals surface area (Å²) in [6, 6.07) is 17.6. The number of nitrogens with zero attached hydrogens (tertiary/aromatic N) is 3. The van der Waals surface area contributed by atoms with Gasteiger partial charge in [-0.15, -0.1) is 0 Å². The van der Waals surface area contributed by atoms with Crippen molar-refractivity contribution in [2.24, 2.45) is 0 Å². The van der Waals surface area contributed by atoms with Crippen molar-refractivity contribution >= 4 is 34.1 Å². The molecule has 1 amide bonds. The number of hydrogen-bond acceptors (Lipinski definition) is 6. The maximum absolute atomic E-state index is 13.9. The molecule has 0 aliphatic carbocycles. The Labute approximate surface area is 208 Å². The van der Waals surface area contributed by atoms with Crippen LogP contribution in [0.3, 0.4) is 0 Å². The Hall–Kier alpha value is -4.30. The Morgan fingerprint density at radius 1 is 1.19 bits per heavy atom. The first-order valence-electron chi connectivity index (χ1n) is 11.7. The van der Waals surface area contributed by atoms with Gasteiger partial charge in [-0.05, 0) is 55.4 Å². The fourth-order valence-electron chi connectivity index (χ4n) is 4.30. The number of para-hydroxylation sites is 1. The lowest BCUT2D eigenvalue weighted by molar-refractivity contribution is -0.111. The normalized spacial score (nSPS) is 15.6. The van der Waals surface area contributed by atoms with Crippen LogP contribution >= 0.6 is 0 Å². The molecule has 2 N–H and O–H groups in total. The van der Waals surface area contributed by atoms with Crippen LogP contribution in [0.5, 0.6) is 5.75 Å². The van der Waals surface area contributed by atoms with E-state index in [1.807, 2.05) is 36.4 Å². The van der Waals surface area contributed by atoms with Gasteiger partial charge in [0.05, 0.1) is 11.2 Å². The first-order valence-corrected chi connectivity index (χ1v) is 11.7. The third kappa shape index (κ3) is 5.18. The lowest BCUT2D eigenvalue weighted by Gasteiger charge is -2.18. The molecule has 1 fully saturated rings. The third-order valence-electron chi connectivity index (χ3n) is 6.07. The van der Waals surface area contributed by atoms with Crippen LogP contribution < -0.4 is 15.4 Å². The van der Waals surface area contributed by atoms with Crippen LogP contribution in [0, 0.1) is 5.82 Å². The number of halogens is 1. The van der Waals surface area contributed by atoms with Gasteiger partial charge in [-0.2, -0.15) is 0 Å². The van der Waals surface area contributed by atoms with Gasteiger partial charge in [-0.1, -0.05) is 36.9 Å². The van der Waals surface area contributed by atoms with E-state index in [2.05, 4.69) is 34.1 Å². The van der Waals surface area contributed by atoms with E-state index in [0.717, 1.165) is 36.0 Å². The summed E-state index contributed by atoms with van der Waals surface area (Å²) in [5, 5.41) is 6.87. The summed E-state index contributed by atoms with van der Waals surface area (Å²) in [6.07, 6.45) is 3.91. The van der Waals surface area contributed by atoms with Gasteiger partial charge in [-0.3, -0.25) is 4.79 Å². The van der Waals surface area contributed by atoms with Crippen molar-refractivity contribution < 1.29 is 13.9 Å². The van der Waals surface area contributed by atoms with Crippen LogP contribution in [0.2, 0.25) is 0 Å². The highest BCUT2D eigenvalue weighted by Crippen LogP contribution is 2.32. The molecule has 8 heteroatoms. The summed E-state index contributed by atoms with van der Waals surface area (Å²) in [5.74, 6) is 0.321. The van der Waals surface area contributed by atoms with Crippen molar-refractivity contribution in [1.82, 2.24) is 14.9 Å². The first kappa shape index (κ1) is 23.4. The van der Waals surface area contributed by atoms with Crippen LogP contribution in [-0.2, 0) is 4.79 Å². The molecule has 3 aromatic carbocycles. The molecule has 0 spiro atoms. The van der Waals surface area contributed by atoms with E-state index in [9.17, 15) is 9.18 Å². The maximum atomic E-state index is 13.9. The molecule has 5 rings (SSSR count). The highest BCUT2D eigenvalue weighted by atomic mass is 19.1. The fraction of sp³-hybridized carbons (Fsp3) is 0.179. The van der Waals surface area contributed by atoms with Gasteiger partial charge < -0.3 is 20.3 Å². The standard InChI is InChI=1S/C28H26FN5O2/c1-3-26(35)32-24-15-21(10-11-25(24)36-22-12-13-34(2)17-22)31-28-30-16-19-7-5-9-23(27(19)33-28)18-6-4-8-20(29)14-18/h3-11,14-16,22H,1,12-13,17H2,2H3,(H,32,35)(H,30,31,33). The van der Waals surface area contributed by atoms with E-state index < -0.39 is 0 Å². The van der Waals surface area contributed by atoms with Crippen LogP contribution in [-0.4, -0.2) is 47.0 Å². The average molecular weight is 484 g/mol. The summed E-state index contributed by atoms with van der Waals surface area (Å²) in [5.41, 5.74) is 3.44. The highest BCUT2D eigenvalue weighted by molar-refractivity contribution is 6.00. The van der Waals surface area contributed by atoms with Crippen molar-refractivity contribution in [3.63, 3.8) is 0 Å². The Morgan fingerprint density at radius 3 is 2.83 bits per heavy atom. The molecule has 0 bridgehead atoms. The van der Waals surface area contributed by atoms with Crippen molar-refractivity contribution in [1.29, 1.82) is 0 Å². The highest BCUT2D eigenvalue weighted by Gasteiger charge is 2.22. The van der Waals surface area contributed by atoms with Gasteiger partial charge in [0.2, 0.25) is 11.9 Å². The number of likely N-dealkylation sites (tertiary alicyclic amines) is 1. The Balaban J connectivity index is 1.45. The predicted molar refractivity (Wildman–Crippen MR) is 140 cm³/mol. The third-order valence-corrected chi connectivity index (χ3v) is 6.07. The molecule has 1 unspecified atom stereocenters.